The van der Waals surface area contributed by atoms with Gasteiger partial charge in [-0.3, -0.25) is 4.79 Å². The third-order valence-electron chi connectivity index (χ3n) is 6.14. The second kappa shape index (κ2) is 6.84. The Labute approximate surface area is 164 Å². The Kier molecular flexibility index (Phi) is 4.61. The maximum atomic E-state index is 13.1. The minimum absolute atomic E-state index is 0.138. The van der Waals surface area contributed by atoms with Gasteiger partial charge in [-0.15, -0.1) is 0 Å². The van der Waals surface area contributed by atoms with E-state index in [1.165, 1.54) is 18.6 Å². The molecule has 2 aliphatic carbocycles. The number of hydrogen-bond donors (Lipinski definition) is 2. The minimum atomic E-state index is -0.375. The summed E-state index contributed by atoms with van der Waals surface area (Å²) in [5, 5.41) is 29.0. The summed E-state index contributed by atoms with van der Waals surface area (Å²) in [6, 6.07) is -0.375. The zero-order valence-electron chi connectivity index (χ0n) is 16.6. The third kappa shape index (κ3) is 3.15. The topological polar surface area (TPSA) is 107 Å². The number of amides is 1. The first kappa shape index (κ1) is 18.9. The zero-order chi connectivity index (χ0) is 20.1. The maximum absolute atomic E-state index is 13.1. The van der Waals surface area contributed by atoms with Gasteiger partial charge in [0.2, 0.25) is 12.0 Å². The van der Waals surface area contributed by atoms with E-state index in [9.17, 15) is 15.1 Å². The molecule has 2 N–H and O–H groups in total. The van der Waals surface area contributed by atoms with Crippen molar-refractivity contribution in [3.8, 4) is 5.82 Å². The van der Waals surface area contributed by atoms with Gasteiger partial charge in [-0.2, -0.15) is 9.83 Å². The number of carbonyl (C=O) groups excluding carboxylic acids is 1. The van der Waals surface area contributed by atoms with Crippen LogP contribution in [0.1, 0.15) is 67.7 Å². The molecule has 2 aromatic heterocycles. The lowest BCUT2D eigenvalue weighted by atomic mass is 9.87. The van der Waals surface area contributed by atoms with Crippen LogP contribution < -0.4 is 10.0 Å². The highest BCUT2D eigenvalue weighted by atomic mass is 16.5. The monoisotopic (exact) mass is 385 g/mol. The van der Waals surface area contributed by atoms with Crippen molar-refractivity contribution in [2.24, 2.45) is 11.3 Å². The van der Waals surface area contributed by atoms with Gasteiger partial charge in [-0.05, 0) is 36.5 Å². The number of fused-ring (bicyclic) bond motifs is 3. The van der Waals surface area contributed by atoms with Crippen LogP contribution in [0.4, 0.5) is 0 Å². The third-order valence-corrected chi connectivity index (χ3v) is 6.14. The van der Waals surface area contributed by atoms with Gasteiger partial charge in [0.25, 0.3) is 5.91 Å². The largest absolute Gasteiger partial charge is 0.619 e. The van der Waals surface area contributed by atoms with Gasteiger partial charge in [0.05, 0.1) is 24.5 Å². The molecule has 0 bridgehead atoms. The summed E-state index contributed by atoms with van der Waals surface area (Å²) >= 11 is 0. The lowest BCUT2D eigenvalue weighted by molar-refractivity contribution is -0.605. The summed E-state index contributed by atoms with van der Waals surface area (Å²) < 4.78 is 2.34. The highest BCUT2D eigenvalue weighted by Crippen LogP contribution is 2.49. The molecule has 3 atom stereocenters. The van der Waals surface area contributed by atoms with Crippen molar-refractivity contribution in [2.45, 2.75) is 58.4 Å². The van der Waals surface area contributed by atoms with E-state index in [-0.39, 0.29) is 24.0 Å². The smallest absolute Gasteiger partial charge is 0.272 e. The van der Waals surface area contributed by atoms with Crippen LogP contribution in [0.5, 0.6) is 0 Å². The zero-order valence-corrected chi connectivity index (χ0v) is 16.6. The summed E-state index contributed by atoms with van der Waals surface area (Å²) in [6.45, 7) is 5.79. The Bertz CT molecular complexity index is 902. The number of rotatable bonds is 4. The van der Waals surface area contributed by atoms with E-state index < -0.39 is 0 Å². The first-order valence-electron chi connectivity index (χ1n) is 9.88. The van der Waals surface area contributed by atoms with Gasteiger partial charge in [-0.25, -0.2) is 9.67 Å². The van der Waals surface area contributed by atoms with Gasteiger partial charge in [0.15, 0.2) is 11.9 Å². The number of aliphatic hydroxyl groups is 1. The molecule has 0 radical (unpaired) electrons. The van der Waals surface area contributed by atoms with E-state index in [2.05, 4.69) is 15.4 Å². The average Bonchev–Trinajstić information content (AvgIpc) is 3.29. The minimum Gasteiger partial charge on any atom is -0.619 e. The predicted molar refractivity (Wildman–Crippen MR) is 102 cm³/mol. The molecule has 1 fully saturated rings. The van der Waals surface area contributed by atoms with Crippen LogP contribution in [0.3, 0.4) is 0 Å². The van der Waals surface area contributed by atoms with Crippen molar-refractivity contribution in [3.05, 3.63) is 40.7 Å². The summed E-state index contributed by atoms with van der Waals surface area (Å²) in [5.41, 5.74) is 2.10. The summed E-state index contributed by atoms with van der Waals surface area (Å²) in [4.78, 5) is 17.4. The van der Waals surface area contributed by atoms with Gasteiger partial charge in [0.1, 0.15) is 0 Å². The van der Waals surface area contributed by atoms with Crippen molar-refractivity contribution in [3.63, 3.8) is 0 Å². The van der Waals surface area contributed by atoms with E-state index in [0.29, 0.717) is 28.1 Å². The molecule has 3 unspecified atom stereocenters. The number of aliphatic hydroxyl groups excluding tert-OH is 1. The van der Waals surface area contributed by atoms with Crippen LogP contribution in [0.2, 0.25) is 0 Å². The molecule has 4 rings (SSSR count). The second-order valence-electron chi connectivity index (χ2n) is 8.97. The van der Waals surface area contributed by atoms with Crippen molar-refractivity contribution >= 4 is 5.91 Å². The van der Waals surface area contributed by atoms with Gasteiger partial charge in [-0.1, -0.05) is 27.2 Å². The van der Waals surface area contributed by atoms with Crippen LogP contribution in [0.25, 0.3) is 5.82 Å². The molecule has 2 aliphatic rings. The Hall–Kier alpha value is -2.48. The predicted octanol–water partition coefficient (Wildman–Crippen LogP) is 1.48. The van der Waals surface area contributed by atoms with E-state index in [1.807, 2.05) is 20.8 Å². The fraction of sp³-hybridized carbons (Fsp3) is 0.600. The molecule has 28 heavy (non-hydrogen) atoms. The number of aromatic nitrogens is 4. The van der Waals surface area contributed by atoms with E-state index in [4.69, 9.17) is 0 Å². The second-order valence-corrected chi connectivity index (χ2v) is 8.97. The van der Waals surface area contributed by atoms with Crippen molar-refractivity contribution in [2.75, 3.05) is 6.61 Å². The van der Waals surface area contributed by atoms with Gasteiger partial charge in [0, 0.05) is 5.56 Å². The molecule has 0 spiro atoms. The molecule has 0 saturated heterocycles. The van der Waals surface area contributed by atoms with Crippen molar-refractivity contribution < 1.29 is 14.6 Å². The Morgan fingerprint density at radius 2 is 2.25 bits per heavy atom. The molecule has 8 heteroatoms. The van der Waals surface area contributed by atoms with E-state index in [0.717, 1.165) is 36.9 Å². The van der Waals surface area contributed by atoms with E-state index in [1.54, 1.807) is 4.68 Å². The highest BCUT2D eigenvalue weighted by molar-refractivity contribution is 5.94. The number of hydrogen-bond acceptors (Lipinski definition) is 5. The van der Waals surface area contributed by atoms with Crippen LogP contribution >= 0.6 is 0 Å². The molecular weight excluding hydrogens is 358 g/mol. The number of nitrogens with zero attached hydrogens (tertiary/aromatic N) is 4. The fourth-order valence-corrected chi connectivity index (χ4v) is 4.56. The summed E-state index contributed by atoms with van der Waals surface area (Å²) in [7, 11) is 0. The van der Waals surface area contributed by atoms with Crippen LogP contribution in [-0.4, -0.2) is 38.4 Å². The molecule has 150 valence electrons. The van der Waals surface area contributed by atoms with Crippen LogP contribution in [0.15, 0.2) is 18.6 Å². The first-order chi connectivity index (χ1) is 13.3. The van der Waals surface area contributed by atoms with Crippen molar-refractivity contribution in [1.82, 2.24) is 20.1 Å². The van der Waals surface area contributed by atoms with Crippen LogP contribution in [-0.2, 0) is 6.42 Å². The van der Waals surface area contributed by atoms with E-state index >= 15 is 0 Å². The van der Waals surface area contributed by atoms with Gasteiger partial charge < -0.3 is 15.6 Å². The highest BCUT2D eigenvalue weighted by Gasteiger charge is 2.43. The molecule has 1 amide bonds. The summed E-state index contributed by atoms with van der Waals surface area (Å²) in [5.74, 6) is 0.990. The average molecular weight is 385 g/mol. The Morgan fingerprint density at radius 1 is 1.46 bits per heavy atom. The quantitative estimate of drug-likeness (QED) is 0.612. The summed E-state index contributed by atoms with van der Waals surface area (Å²) in [6.07, 6.45) is 8.33. The van der Waals surface area contributed by atoms with Crippen molar-refractivity contribution in [1.29, 1.82) is 0 Å². The SMILES string of the molecule is CC(C)(C)C(CO)NC(=O)c1nn(-c2c[n+]([O-])ccn2)c2c1C1CCCC1C2. The fourth-order valence-electron chi connectivity index (χ4n) is 4.56. The molecule has 0 aromatic carbocycles. The number of nitrogens with one attached hydrogen (secondary N) is 1. The van der Waals surface area contributed by atoms with Gasteiger partial charge >= 0.3 is 0 Å². The molecule has 8 nitrogen and oxygen atoms in total. The normalized spacial score (nSPS) is 22.0. The molecule has 0 aliphatic heterocycles. The molecular formula is C20H27N5O3. The lowest BCUT2D eigenvalue weighted by Gasteiger charge is -2.29. The molecule has 2 aromatic rings. The Balaban J connectivity index is 1.76. The van der Waals surface area contributed by atoms with Crippen LogP contribution in [0, 0.1) is 16.5 Å². The standard InChI is InChI=1S/C20H27N5O3/c1-20(2,3)15(11-26)22-19(27)18-17-13-6-4-5-12(13)9-14(17)25(23-18)16-10-24(28)8-7-21-16/h7-8,10,12-13,15,26H,4-6,9,11H2,1-3H3,(H,22,27). The number of carbonyl (C=O) groups is 1. The maximum Gasteiger partial charge on any atom is 0.272 e. The molecule has 1 saturated carbocycles. The Morgan fingerprint density at radius 3 is 2.93 bits per heavy atom. The lowest BCUT2D eigenvalue weighted by Crippen LogP contribution is -2.46. The molecule has 2 heterocycles. The first-order valence-corrected chi connectivity index (χ1v) is 9.88.